The fourth-order valence-electron chi connectivity index (χ4n) is 3.85. The summed E-state index contributed by atoms with van der Waals surface area (Å²) >= 11 is 0. The van der Waals surface area contributed by atoms with E-state index in [0.29, 0.717) is 0 Å². The van der Waals surface area contributed by atoms with Crippen molar-refractivity contribution in [2.24, 2.45) is 0 Å². The summed E-state index contributed by atoms with van der Waals surface area (Å²) in [5.74, 6) is 0.229. The molecule has 0 saturated carbocycles. The molecule has 0 spiro atoms. The Morgan fingerprint density at radius 3 is 1.27 bits per heavy atom. The predicted molar refractivity (Wildman–Crippen MR) is 131 cm³/mol. The first kappa shape index (κ1) is 19.9. The van der Waals surface area contributed by atoms with E-state index in [0.717, 1.165) is 10.9 Å². The highest BCUT2D eigenvalue weighted by Gasteiger charge is 2.48. The van der Waals surface area contributed by atoms with E-state index in [1.807, 2.05) is 54.6 Å². The summed E-state index contributed by atoms with van der Waals surface area (Å²) in [6.45, 7) is 4.53. The number of hydrogen-bond acceptors (Lipinski definition) is 1. The van der Waals surface area contributed by atoms with Gasteiger partial charge in [0.15, 0.2) is 0 Å². The molecular weight excluding hydrogens is 383 g/mol. The molecule has 0 heterocycles. The van der Waals surface area contributed by atoms with Crippen molar-refractivity contribution in [2.75, 3.05) is 0 Å². The van der Waals surface area contributed by atoms with Gasteiger partial charge in [0.05, 0.1) is 0 Å². The molecule has 0 aliphatic rings. The van der Waals surface area contributed by atoms with Crippen LogP contribution in [0.4, 0.5) is 0 Å². The Bertz CT molecular complexity index is 1040. The highest BCUT2D eigenvalue weighted by Crippen LogP contribution is 2.62. The summed E-state index contributed by atoms with van der Waals surface area (Å²) in [7, 11) is -2.25. The summed E-state index contributed by atoms with van der Waals surface area (Å²) < 4.78 is 0. The summed E-state index contributed by atoms with van der Waals surface area (Å²) in [4.78, 5) is 0. The molecule has 0 saturated heterocycles. The molecule has 0 atom stereocenters. The summed E-state index contributed by atoms with van der Waals surface area (Å²) in [5, 5.41) is 15.5. The zero-order valence-corrected chi connectivity index (χ0v) is 17.6. The average molecular weight is 407 g/mol. The molecule has 0 unspecified atom stereocenters. The number of aliphatic hydroxyl groups excluding tert-OH is 1. The van der Waals surface area contributed by atoms with Gasteiger partial charge in [0.1, 0.15) is 34.2 Å². The van der Waals surface area contributed by atoms with Crippen LogP contribution < -0.4 is 15.9 Å². The van der Waals surface area contributed by atoms with E-state index < -0.39 is 7.26 Å². The second-order valence-electron chi connectivity index (χ2n) is 7.06. The lowest BCUT2D eigenvalue weighted by Gasteiger charge is -2.27. The van der Waals surface area contributed by atoms with E-state index in [9.17, 15) is 5.11 Å². The molecule has 4 rings (SSSR count). The molecule has 0 fully saturated rings. The number of rotatable bonds is 6. The first-order valence-corrected chi connectivity index (χ1v) is 11.7. The van der Waals surface area contributed by atoms with Gasteiger partial charge in [-0.25, -0.2) is 0 Å². The Balaban J connectivity index is 1.99. The summed E-state index contributed by atoms with van der Waals surface area (Å²) in [5.41, 5.74) is 0.783. The second-order valence-corrected chi connectivity index (χ2v) is 10.5. The third-order valence-corrected chi connectivity index (χ3v) is 9.44. The van der Waals surface area contributed by atoms with Gasteiger partial charge >= 0.3 is 0 Å². The molecule has 0 aliphatic heterocycles. The van der Waals surface area contributed by atoms with Gasteiger partial charge in [-0.1, -0.05) is 91.5 Å². The highest BCUT2D eigenvalue weighted by atomic mass is 31.2. The average Bonchev–Trinajstić information content (AvgIpc) is 2.82. The van der Waals surface area contributed by atoms with Crippen LogP contribution in [0.25, 0.3) is 5.76 Å². The van der Waals surface area contributed by atoms with E-state index in [2.05, 4.69) is 79.4 Å². The molecule has 1 nitrogen and oxygen atoms in total. The van der Waals surface area contributed by atoms with E-state index in [4.69, 9.17) is 0 Å². The van der Waals surface area contributed by atoms with Gasteiger partial charge in [0.2, 0.25) is 0 Å². The monoisotopic (exact) mass is 407 g/mol. The molecule has 0 bridgehead atoms. The Labute approximate surface area is 179 Å². The third-order valence-electron chi connectivity index (χ3n) is 5.23. The minimum atomic E-state index is -2.25. The van der Waals surface area contributed by atoms with Gasteiger partial charge in [0, 0.05) is 11.6 Å². The molecule has 4 aromatic rings. The van der Waals surface area contributed by atoms with Crippen molar-refractivity contribution in [2.45, 2.75) is 0 Å². The predicted octanol–water partition coefficient (Wildman–Crippen LogP) is 6.09. The van der Waals surface area contributed by atoms with Crippen molar-refractivity contribution in [3.63, 3.8) is 0 Å². The van der Waals surface area contributed by atoms with Crippen molar-refractivity contribution >= 4 is 28.9 Å². The molecule has 0 aromatic heterocycles. The van der Waals surface area contributed by atoms with Gasteiger partial charge in [-0.05, 0) is 36.4 Å². The Hall–Kier alpha value is -3.41. The van der Waals surface area contributed by atoms with Gasteiger partial charge in [-0.15, -0.1) is 0 Å². The SMILES string of the molecule is C=C(/C=C(\O)c1ccccc1)[P+](c1ccccc1)(c1ccccc1)c1ccccc1. The summed E-state index contributed by atoms with van der Waals surface area (Å²) in [6, 6.07) is 41.2. The molecule has 146 valence electrons. The van der Waals surface area contributed by atoms with Crippen LogP contribution >= 0.6 is 7.26 Å². The number of allylic oxidation sites excluding steroid dienone is 2. The van der Waals surface area contributed by atoms with Crippen LogP contribution in [0.5, 0.6) is 0 Å². The Kier molecular flexibility index (Phi) is 5.93. The van der Waals surface area contributed by atoms with Crippen LogP contribution in [-0.2, 0) is 0 Å². The minimum absolute atomic E-state index is 0.229. The lowest BCUT2D eigenvalue weighted by molar-refractivity contribution is 0.512. The van der Waals surface area contributed by atoms with Crippen molar-refractivity contribution in [3.05, 3.63) is 145 Å². The second kappa shape index (κ2) is 8.95. The zero-order valence-electron chi connectivity index (χ0n) is 16.7. The Morgan fingerprint density at radius 2 is 0.900 bits per heavy atom. The van der Waals surface area contributed by atoms with Crippen molar-refractivity contribution < 1.29 is 5.11 Å². The maximum absolute atomic E-state index is 10.9. The van der Waals surface area contributed by atoms with Crippen LogP contribution in [0.2, 0.25) is 0 Å². The topological polar surface area (TPSA) is 20.2 Å². The maximum atomic E-state index is 10.9. The molecular formula is C28H24OP+. The fraction of sp³-hybridized carbons (Fsp3) is 0. The first-order chi connectivity index (χ1) is 14.7. The Morgan fingerprint density at radius 1 is 0.567 bits per heavy atom. The van der Waals surface area contributed by atoms with Crippen LogP contribution in [0.1, 0.15) is 5.56 Å². The molecule has 30 heavy (non-hydrogen) atoms. The number of benzene rings is 4. The molecule has 2 heteroatoms. The minimum Gasteiger partial charge on any atom is -0.507 e. The van der Waals surface area contributed by atoms with Crippen LogP contribution in [-0.4, -0.2) is 5.11 Å². The van der Waals surface area contributed by atoms with Gasteiger partial charge < -0.3 is 5.11 Å². The molecule has 0 amide bonds. The molecule has 1 N–H and O–H groups in total. The number of aliphatic hydroxyl groups is 1. The first-order valence-electron chi connectivity index (χ1n) is 9.94. The van der Waals surface area contributed by atoms with E-state index >= 15 is 0 Å². The molecule has 0 radical (unpaired) electrons. The van der Waals surface area contributed by atoms with E-state index in [1.54, 1.807) is 0 Å². The van der Waals surface area contributed by atoms with E-state index in [1.165, 1.54) is 15.9 Å². The van der Waals surface area contributed by atoms with Gasteiger partial charge in [-0.2, -0.15) is 0 Å². The zero-order chi connectivity index (χ0) is 20.8. The lowest BCUT2D eigenvalue weighted by Crippen LogP contribution is -2.31. The standard InChI is InChI=1S/C28H23OP/c1-23(22-28(29)24-14-6-2-7-15-24)30(25-16-8-3-9-17-25,26-18-10-4-11-19-26)27-20-12-5-13-21-27/h2-22H,1H2/p+1/b28-22-. The molecule has 0 aliphatic carbocycles. The quantitative estimate of drug-likeness (QED) is 0.233. The number of hydrogen-bond donors (Lipinski definition) is 1. The smallest absolute Gasteiger partial charge is 0.143 e. The van der Waals surface area contributed by atoms with Crippen molar-refractivity contribution in [1.82, 2.24) is 0 Å². The van der Waals surface area contributed by atoms with Crippen LogP contribution in [0.3, 0.4) is 0 Å². The third kappa shape index (κ3) is 3.73. The fourth-order valence-corrected chi connectivity index (χ4v) is 7.91. The van der Waals surface area contributed by atoms with Crippen LogP contribution in [0, 0.1) is 0 Å². The molecule has 4 aromatic carbocycles. The van der Waals surface area contributed by atoms with Gasteiger partial charge in [0.25, 0.3) is 0 Å². The van der Waals surface area contributed by atoms with Crippen molar-refractivity contribution in [3.8, 4) is 0 Å². The normalized spacial score (nSPS) is 11.8. The van der Waals surface area contributed by atoms with Crippen molar-refractivity contribution in [1.29, 1.82) is 0 Å². The lowest BCUT2D eigenvalue weighted by atomic mass is 10.2. The van der Waals surface area contributed by atoms with E-state index in [-0.39, 0.29) is 5.76 Å². The summed E-state index contributed by atoms with van der Waals surface area (Å²) in [6.07, 6.45) is 1.84. The highest BCUT2D eigenvalue weighted by molar-refractivity contribution is 7.99. The largest absolute Gasteiger partial charge is 0.507 e. The van der Waals surface area contributed by atoms with Gasteiger partial charge in [-0.3, -0.25) is 0 Å². The van der Waals surface area contributed by atoms with Crippen LogP contribution in [0.15, 0.2) is 139 Å². The maximum Gasteiger partial charge on any atom is 0.143 e.